The van der Waals surface area contributed by atoms with Crippen LogP contribution in [0.5, 0.6) is 0 Å². The summed E-state index contributed by atoms with van der Waals surface area (Å²) in [6, 6.07) is 5.59. The van der Waals surface area contributed by atoms with Crippen LogP contribution in [0.25, 0.3) is 0 Å². The fourth-order valence-corrected chi connectivity index (χ4v) is 3.12. The molecule has 1 aliphatic rings. The average Bonchev–Trinajstić information content (AvgIpc) is 2.70. The van der Waals surface area contributed by atoms with Crippen molar-refractivity contribution < 1.29 is 4.79 Å². The van der Waals surface area contributed by atoms with Gasteiger partial charge in [0.25, 0.3) is 5.91 Å². The van der Waals surface area contributed by atoms with Gasteiger partial charge in [-0.25, -0.2) is 0 Å². The molecular formula is C15H23N3O. The molecule has 104 valence electrons. The van der Waals surface area contributed by atoms with E-state index in [-0.39, 0.29) is 0 Å². The SMILES string of the molecule is CCC1CCC(Nc2cc(N)ccc2C(N)=O)C1C. The molecular weight excluding hydrogens is 238 g/mol. The fourth-order valence-electron chi connectivity index (χ4n) is 3.12. The van der Waals surface area contributed by atoms with Crippen molar-refractivity contribution in [2.45, 2.75) is 39.2 Å². The molecule has 3 atom stereocenters. The number of primary amides is 1. The van der Waals surface area contributed by atoms with Crippen LogP contribution in [0.2, 0.25) is 0 Å². The summed E-state index contributed by atoms with van der Waals surface area (Å²) in [7, 11) is 0. The summed E-state index contributed by atoms with van der Waals surface area (Å²) >= 11 is 0. The molecule has 2 rings (SSSR count). The first kappa shape index (κ1) is 13.7. The van der Waals surface area contributed by atoms with Gasteiger partial charge in [-0.15, -0.1) is 0 Å². The van der Waals surface area contributed by atoms with Crippen molar-refractivity contribution in [2.75, 3.05) is 11.1 Å². The summed E-state index contributed by atoms with van der Waals surface area (Å²) in [6.45, 7) is 4.51. The van der Waals surface area contributed by atoms with E-state index in [1.807, 2.05) is 0 Å². The lowest BCUT2D eigenvalue weighted by Crippen LogP contribution is -2.26. The number of carbonyl (C=O) groups excluding carboxylic acids is 1. The molecule has 4 heteroatoms. The molecule has 1 saturated carbocycles. The Morgan fingerprint density at radius 3 is 2.74 bits per heavy atom. The zero-order chi connectivity index (χ0) is 14.0. The Hall–Kier alpha value is -1.71. The van der Waals surface area contributed by atoms with Gasteiger partial charge in [0.2, 0.25) is 0 Å². The molecule has 0 aliphatic heterocycles. The summed E-state index contributed by atoms with van der Waals surface area (Å²) < 4.78 is 0. The molecule has 1 fully saturated rings. The first-order chi connectivity index (χ1) is 9.02. The highest BCUT2D eigenvalue weighted by atomic mass is 16.1. The van der Waals surface area contributed by atoms with Crippen LogP contribution in [0.15, 0.2) is 18.2 Å². The summed E-state index contributed by atoms with van der Waals surface area (Å²) in [4.78, 5) is 11.5. The van der Waals surface area contributed by atoms with E-state index in [0.29, 0.717) is 23.2 Å². The molecule has 19 heavy (non-hydrogen) atoms. The number of nitrogens with one attached hydrogen (secondary N) is 1. The van der Waals surface area contributed by atoms with Crippen molar-refractivity contribution in [3.8, 4) is 0 Å². The normalized spacial score (nSPS) is 26.3. The van der Waals surface area contributed by atoms with Crippen molar-refractivity contribution in [3.05, 3.63) is 23.8 Å². The molecule has 0 radical (unpaired) electrons. The van der Waals surface area contributed by atoms with Crippen LogP contribution in [0.3, 0.4) is 0 Å². The minimum atomic E-state index is -0.416. The van der Waals surface area contributed by atoms with Crippen molar-refractivity contribution >= 4 is 17.3 Å². The maximum Gasteiger partial charge on any atom is 0.250 e. The first-order valence-corrected chi connectivity index (χ1v) is 6.98. The molecule has 1 aromatic carbocycles. The highest BCUT2D eigenvalue weighted by Gasteiger charge is 2.31. The molecule has 0 bridgehead atoms. The second kappa shape index (κ2) is 5.51. The highest BCUT2D eigenvalue weighted by Crippen LogP contribution is 2.36. The predicted octanol–water partition coefficient (Wildman–Crippen LogP) is 2.60. The molecule has 5 N–H and O–H groups in total. The molecule has 4 nitrogen and oxygen atoms in total. The second-order valence-electron chi connectivity index (χ2n) is 5.52. The number of benzene rings is 1. The largest absolute Gasteiger partial charge is 0.399 e. The quantitative estimate of drug-likeness (QED) is 0.729. The summed E-state index contributed by atoms with van der Waals surface area (Å²) in [5.74, 6) is 0.947. The maximum absolute atomic E-state index is 11.5. The standard InChI is InChI=1S/C15H23N3O/c1-3-10-4-7-13(9(10)2)18-14-8-11(16)5-6-12(14)15(17)19/h5-6,8-10,13,18H,3-4,7,16H2,1-2H3,(H2,17,19). The van der Waals surface area contributed by atoms with Gasteiger partial charge in [0.15, 0.2) is 0 Å². The molecule has 0 aromatic heterocycles. The van der Waals surface area contributed by atoms with Crippen LogP contribution in [-0.4, -0.2) is 11.9 Å². The van der Waals surface area contributed by atoms with E-state index in [1.165, 1.54) is 12.8 Å². The monoisotopic (exact) mass is 261 g/mol. The number of carbonyl (C=O) groups is 1. The lowest BCUT2D eigenvalue weighted by atomic mass is 9.93. The van der Waals surface area contributed by atoms with Gasteiger partial charge in [0.05, 0.1) is 5.56 Å². The van der Waals surface area contributed by atoms with Crippen LogP contribution in [0.1, 0.15) is 43.5 Å². The Kier molecular flexibility index (Phi) is 3.98. The van der Waals surface area contributed by atoms with E-state index in [9.17, 15) is 4.79 Å². The van der Waals surface area contributed by atoms with E-state index in [4.69, 9.17) is 11.5 Å². The van der Waals surface area contributed by atoms with Gasteiger partial charge in [-0.1, -0.05) is 20.3 Å². The van der Waals surface area contributed by atoms with Gasteiger partial charge in [-0.05, 0) is 42.9 Å². The smallest absolute Gasteiger partial charge is 0.250 e. The maximum atomic E-state index is 11.5. The van der Waals surface area contributed by atoms with E-state index in [2.05, 4.69) is 19.2 Å². The van der Waals surface area contributed by atoms with Gasteiger partial charge < -0.3 is 16.8 Å². The van der Waals surface area contributed by atoms with Crippen LogP contribution < -0.4 is 16.8 Å². The molecule has 1 aromatic rings. The van der Waals surface area contributed by atoms with Crippen molar-refractivity contribution in [1.29, 1.82) is 0 Å². The number of hydrogen-bond donors (Lipinski definition) is 3. The van der Waals surface area contributed by atoms with E-state index < -0.39 is 5.91 Å². The summed E-state index contributed by atoms with van der Waals surface area (Å²) in [5.41, 5.74) is 13.1. The third kappa shape index (κ3) is 2.83. The third-order valence-corrected chi connectivity index (χ3v) is 4.40. The Bertz CT molecular complexity index is 472. The molecule has 3 unspecified atom stereocenters. The zero-order valence-electron chi connectivity index (χ0n) is 11.6. The number of rotatable bonds is 4. The van der Waals surface area contributed by atoms with Crippen LogP contribution in [0.4, 0.5) is 11.4 Å². The molecule has 0 saturated heterocycles. The van der Waals surface area contributed by atoms with Gasteiger partial charge in [-0.3, -0.25) is 4.79 Å². The number of nitrogen functional groups attached to an aromatic ring is 1. The van der Waals surface area contributed by atoms with Crippen molar-refractivity contribution in [2.24, 2.45) is 17.6 Å². The number of nitrogens with two attached hydrogens (primary N) is 2. The van der Waals surface area contributed by atoms with Crippen molar-refractivity contribution in [1.82, 2.24) is 0 Å². The minimum absolute atomic E-state index is 0.393. The Morgan fingerprint density at radius 2 is 2.16 bits per heavy atom. The average molecular weight is 261 g/mol. The predicted molar refractivity (Wildman–Crippen MR) is 79.0 cm³/mol. The number of anilines is 2. The highest BCUT2D eigenvalue weighted by molar-refractivity contribution is 5.99. The zero-order valence-corrected chi connectivity index (χ0v) is 11.6. The fraction of sp³-hybridized carbons (Fsp3) is 0.533. The van der Waals surface area contributed by atoms with Crippen LogP contribution in [-0.2, 0) is 0 Å². The number of amides is 1. The van der Waals surface area contributed by atoms with E-state index in [0.717, 1.165) is 18.0 Å². The first-order valence-electron chi connectivity index (χ1n) is 6.98. The lowest BCUT2D eigenvalue weighted by molar-refractivity contribution is 0.100. The second-order valence-corrected chi connectivity index (χ2v) is 5.52. The third-order valence-electron chi connectivity index (χ3n) is 4.40. The summed E-state index contributed by atoms with van der Waals surface area (Å²) in [5, 5.41) is 3.46. The molecule has 0 spiro atoms. The van der Waals surface area contributed by atoms with Crippen molar-refractivity contribution in [3.63, 3.8) is 0 Å². The van der Waals surface area contributed by atoms with Crippen LogP contribution in [0, 0.1) is 11.8 Å². The van der Waals surface area contributed by atoms with Gasteiger partial charge >= 0.3 is 0 Å². The number of hydrogen-bond acceptors (Lipinski definition) is 3. The van der Waals surface area contributed by atoms with E-state index >= 15 is 0 Å². The Morgan fingerprint density at radius 1 is 1.42 bits per heavy atom. The topological polar surface area (TPSA) is 81.1 Å². The van der Waals surface area contributed by atoms with Gasteiger partial charge in [0.1, 0.15) is 0 Å². The van der Waals surface area contributed by atoms with Crippen LogP contribution >= 0.6 is 0 Å². The van der Waals surface area contributed by atoms with E-state index in [1.54, 1.807) is 18.2 Å². The minimum Gasteiger partial charge on any atom is -0.399 e. The lowest BCUT2D eigenvalue weighted by Gasteiger charge is -2.23. The van der Waals surface area contributed by atoms with Gasteiger partial charge in [-0.2, -0.15) is 0 Å². The Labute approximate surface area is 114 Å². The summed E-state index contributed by atoms with van der Waals surface area (Å²) in [6.07, 6.45) is 3.58. The van der Waals surface area contributed by atoms with Gasteiger partial charge in [0, 0.05) is 17.4 Å². The Balaban J connectivity index is 2.19. The molecule has 1 amide bonds. The molecule has 1 aliphatic carbocycles. The molecule has 0 heterocycles.